The highest BCUT2D eigenvalue weighted by Gasteiger charge is 2.24. The molecule has 0 saturated heterocycles. The Morgan fingerprint density at radius 3 is 2.50 bits per heavy atom. The van der Waals surface area contributed by atoms with Gasteiger partial charge in [0.05, 0.1) is 10.4 Å². The minimum absolute atomic E-state index is 0.00155. The van der Waals surface area contributed by atoms with Gasteiger partial charge in [0.2, 0.25) is 10.0 Å². The van der Waals surface area contributed by atoms with Crippen molar-refractivity contribution in [1.82, 2.24) is 20.6 Å². The first-order chi connectivity index (χ1) is 14.4. The second-order valence-electron chi connectivity index (χ2n) is 7.12. The third-order valence-electron chi connectivity index (χ3n) is 4.79. The standard InChI is InChI=1S/C21H20N4O4S/c26-20(16-5-3-6-17(12-16)30(28,29)22-13-14-8-9-14)24-25-21(27)19-11-10-15-4-1-2-7-18(15)23-19/h1-7,10-12,14,22H,8-9,13H2,(H,24,26)(H,25,27). The molecule has 1 fully saturated rings. The van der Waals surface area contributed by atoms with Crippen molar-refractivity contribution in [3.63, 3.8) is 0 Å². The molecule has 1 heterocycles. The van der Waals surface area contributed by atoms with Crippen molar-refractivity contribution in [2.75, 3.05) is 6.54 Å². The van der Waals surface area contributed by atoms with E-state index in [-0.39, 0.29) is 16.2 Å². The molecule has 0 aliphatic heterocycles. The molecule has 1 aliphatic carbocycles. The predicted octanol–water partition coefficient (Wildman–Crippen LogP) is 2.00. The topological polar surface area (TPSA) is 117 Å². The van der Waals surface area contributed by atoms with Crippen LogP contribution in [-0.2, 0) is 10.0 Å². The molecule has 154 valence electrons. The Bertz CT molecular complexity index is 1220. The van der Waals surface area contributed by atoms with Gasteiger partial charge in [0.15, 0.2) is 0 Å². The zero-order chi connectivity index (χ0) is 21.1. The maximum Gasteiger partial charge on any atom is 0.288 e. The summed E-state index contributed by atoms with van der Waals surface area (Å²) in [5.74, 6) is -0.822. The Hall–Kier alpha value is -3.30. The van der Waals surface area contributed by atoms with E-state index in [1.807, 2.05) is 18.2 Å². The quantitative estimate of drug-likeness (QED) is 0.523. The van der Waals surface area contributed by atoms with E-state index < -0.39 is 21.8 Å². The number of carbonyl (C=O) groups is 2. The summed E-state index contributed by atoms with van der Waals surface area (Å²) in [5, 5.41) is 0.895. The smallest absolute Gasteiger partial charge is 0.267 e. The van der Waals surface area contributed by atoms with Gasteiger partial charge < -0.3 is 0 Å². The van der Waals surface area contributed by atoms with Crippen LogP contribution in [0.15, 0.2) is 65.6 Å². The second kappa shape index (κ2) is 8.21. The number of nitrogens with zero attached hydrogens (tertiary/aromatic N) is 1. The molecular weight excluding hydrogens is 404 g/mol. The van der Waals surface area contributed by atoms with Gasteiger partial charge in [-0.05, 0) is 49.1 Å². The molecule has 1 aromatic heterocycles. The fourth-order valence-corrected chi connectivity index (χ4v) is 4.04. The van der Waals surface area contributed by atoms with E-state index in [2.05, 4.69) is 20.6 Å². The van der Waals surface area contributed by atoms with Crippen molar-refractivity contribution in [1.29, 1.82) is 0 Å². The van der Waals surface area contributed by atoms with Gasteiger partial charge in [-0.15, -0.1) is 0 Å². The molecule has 3 N–H and O–H groups in total. The first kappa shape index (κ1) is 20.0. The summed E-state index contributed by atoms with van der Waals surface area (Å²) in [7, 11) is -3.69. The summed E-state index contributed by atoms with van der Waals surface area (Å²) < 4.78 is 27.3. The van der Waals surface area contributed by atoms with Crippen molar-refractivity contribution in [3.8, 4) is 0 Å². The number of benzene rings is 2. The van der Waals surface area contributed by atoms with E-state index >= 15 is 0 Å². The summed E-state index contributed by atoms with van der Waals surface area (Å²) in [6.07, 6.45) is 2.05. The summed E-state index contributed by atoms with van der Waals surface area (Å²) >= 11 is 0. The van der Waals surface area contributed by atoms with Crippen LogP contribution in [0, 0.1) is 5.92 Å². The van der Waals surface area contributed by atoms with Gasteiger partial charge >= 0.3 is 0 Å². The molecular formula is C21H20N4O4S. The highest BCUT2D eigenvalue weighted by Crippen LogP contribution is 2.28. The fraction of sp³-hybridized carbons (Fsp3) is 0.190. The molecule has 8 nitrogen and oxygen atoms in total. The van der Waals surface area contributed by atoms with Gasteiger partial charge in [0.1, 0.15) is 5.69 Å². The Morgan fingerprint density at radius 1 is 0.933 bits per heavy atom. The van der Waals surface area contributed by atoms with E-state index in [1.165, 1.54) is 24.3 Å². The summed E-state index contributed by atoms with van der Waals surface area (Å²) in [5.41, 5.74) is 5.51. The van der Waals surface area contributed by atoms with Crippen LogP contribution in [0.5, 0.6) is 0 Å². The highest BCUT2D eigenvalue weighted by molar-refractivity contribution is 7.89. The Morgan fingerprint density at radius 2 is 1.70 bits per heavy atom. The third-order valence-corrected chi connectivity index (χ3v) is 6.21. The van der Waals surface area contributed by atoms with E-state index in [0.29, 0.717) is 18.0 Å². The third kappa shape index (κ3) is 4.64. The predicted molar refractivity (Wildman–Crippen MR) is 111 cm³/mol. The molecule has 0 radical (unpaired) electrons. The van der Waals surface area contributed by atoms with Gasteiger partial charge in [-0.2, -0.15) is 0 Å². The molecule has 9 heteroatoms. The van der Waals surface area contributed by atoms with Crippen LogP contribution in [0.1, 0.15) is 33.7 Å². The van der Waals surface area contributed by atoms with Gasteiger partial charge in [0, 0.05) is 17.5 Å². The number of rotatable bonds is 6. The molecule has 0 bridgehead atoms. The van der Waals surface area contributed by atoms with Crippen molar-refractivity contribution in [2.45, 2.75) is 17.7 Å². The van der Waals surface area contributed by atoms with Crippen LogP contribution in [0.25, 0.3) is 10.9 Å². The summed E-state index contributed by atoms with van der Waals surface area (Å²) in [6.45, 7) is 0.396. The lowest BCUT2D eigenvalue weighted by atomic mass is 10.2. The van der Waals surface area contributed by atoms with Crippen molar-refractivity contribution >= 4 is 32.7 Å². The van der Waals surface area contributed by atoms with Crippen LogP contribution >= 0.6 is 0 Å². The van der Waals surface area contributed by atoms with Crippen molar-refractivity contribution in [2.24, 2.45) is 5.92 Å². The van der Waals surface area contributed by atoms with Gasteiger partial charge in [-0.1, -0.05) is 30.3 Å². The molecule has 2 amide bonds. The molecule has 1 saturated carbocycles. The lowest BCUT2D eigenvalue weighted by Gasteiger charge is -2.10. The van der Waals surface area contributed by atoms with E-state index in [9.17, 15) is 18.0 Å². The lowest BCUT2D eigenvalue weighted by Crippen LogP contribution is -2.42. The number of hydrogen-bond acceptors (Lipinski definition) is 5. The van der Waals surface area contributed by atoms with Gasteiger partial charge in [-0.3, -0.25) is 20.4 Å². The normalized spacial score (nSPS) is 13.7. The number of para-hydroxylation sites is 1. The second-order valence-corrected chi connectivity index (χ2v) is 8.89. The van der Waals surface area contributed by atoms with Gasteiger partial charge in [0.25, 0.3) is 11.8 Å². The largest absolute Gasteiger partial charge is 0.288 e. The van der Waals surface area contributed by atoms with E-state index in [1.54, 1.807) is 18.2 Å². The number of pyridine rings is 1. The maximum absolute atomic E-state index is 12.4. The first-order valence-corrected chi connectivity index (χ1v) is 11.0. The SMILES string of the molecule is O=C(NNC(=O)c1ccc2ccccc2n1)c1cccc(S(=O)(=O)NCC2CC2)c1. The number of amides is 2. The van der Waals surface area contributed by atoms with Crippen LogP contribution in [0.4, 0.5) is 0 Å². The van der Waals surface area contributed by atoms with Crippen LogP contribution in [0.2, 0.25) is 0 Å². The monoisotopic (exact) mass is 424 g/mol. The van der Waals surface area contributed by atoms with Crippen LogP contribution in [-0.4, -0.2) is 31.8 Å². The molecule has 2 aromatic carbocycles. The molecule has 4 rings (SSSR count). The number of carbonyl (C=O) groups excluding carboxylic acids is 2. The molecule has 30 heavy (non-hydrogen) atoms. The average Bonchev–Trinajstić information content (AvgIpc) is 3.60. The minimum atomic E-state index is -3.69. The number of fused-ring (bicyclic) bond motifs is 1. The first-order valence-electron chi connectivity index (χ1n) is 9.48. The summed E-state index contributed by atoms with van der Waals surface area (Å²) in [6, 6.07) is 16.3. The van der Waals surface area contributed by atoms with Crippen molar-refractivity contribution < 1.29 is 18.0 Å². The number of hydrazine groups is 1. The lowest BCUT2D eigenvalue weighted by molar-refractivity contribution is 0.0844. The number of nitrogens with one attached hydrogen (secondary N) is 3. The summed E-state index contributed by atoms with van der Waals surface area (Å²) in [4.78, 5) is 29.0. The number of hydrogen-bond donors (Lipinski definition) is 3. The molecule has 3 aromatic rings. The molecule has 1 aliphatic rings. The zero-order valence-corrected chi connectivity index (χ0v) is 16.8. The zero-order valence-electron chi connectivity index (χ0n) is 16.0. The number of sulfonamides is 1. The molecule has 0 atom stereocenters. The van der Waals surface area contributed by atoms with Gasteiger partial charge in [-0.25, -0.2) is 18.1 Å². The van der Waals surface area contributed by atoms with Crippen LogP contribution in [0.3, 0.4) is 0 Å². The highest BCUT2D eigenvalue weighted by atomic mass is 32.2. The van der Waals surface area contributed by atoms with Crippen molar-refractivity contribution in [3.05, 3.63) is 71.9 Å². The minimum Gasteiger partial charge on any atom is -0.267 e. The maximum atomic E-state index is 12.4. The molecule has 0 spiro atoms. The Balaban J connectivity index is 1.41. The van der Waals surface area contributed by atoms with Crippen LogP contribution < -0.4 is 15.6 Å². The fourth-order valence-electron chi connectivity index (χ4n) is 2.88. The number of aromatic nitrogens is 1. The average molecular weight is 424 g/mol. The van der Waals surface area contributed by atoms with E-state index in [0.717, 1.165) is 18.2 Å². The Kier molecular flexibility index (Phi) is 5.47. The Labute approximate surface area is 173 Å². The van der Waals surface area contributed by atoms with E-state index in [4.69, 9.17) is 0 Å². The molecule has 0 unspecified atom stereocenters.